The number of hydrogen-bond acceptors (Lipinski definition) is 22. The fourth-order valence-corrected chi connectivity index (χ4v) is 6.60. The minimum absolute atomic E-state index is 0.0809. The van der Waals surface area contributed by atoms with Gasteiger partial charge in [-0.1, -0.05) is 0 Å². The van der Waals surface area contributed by atoms with Crippen LogP contribution in [0.5, 0.6) is 0 Å². The monoisotopic (exact) mass is 745 g/mol. The molecule has 3 aliphatic heterocycles. The topological polar surface area (TPSA) is 409 Å². The van der Waals surface area contributed by atoms with E-state index < -0.39 is 148 Å². The van der Waals surface area contributed by atoms with Crippen LogP contribution in [0.1, 0.15) is 6.42 Å². The van der Waals surface area contributed by atoms with E-state index in [9.17, 15) is 50.8 Å². The van der Waals surface area contributed by atoms with Crippen molar-refractivity contribution in [1.29, 1.82) is 0 Å². The van der Waals surface area contributed by atoms with Gasteiger partial charge in [-0.3, -0.25) is 4.79 Å². The molecular weight excluding hydrogens is 690 g/mol. The zero-order valence-electron chi connectivity index (χ0n) is 27.9. The molecule has 298 valence electrons. The standard InChI is InChI=1S/C28H55N7O16/c1-34-5-11-18(41)20(43)14(33)27(47-11)49-22-7(31)2-8(35-25(45)16(39)9(37)3-29)15(38)24(22)51-28-21(44)23(12(6-36)48-28)50-26-13(32)19(42)17(40)10(4-30)46-26/h7-24,26-28,34,36-44H,2-6,29-33H2,1H3,(H,35,45)/t7-,8+,9-,10-,11+,12+,13+,14+,15-,16-,17+,18+,19+,20+,21+,22+,23+,24+,26+,27+,28-/m0/s1. The van der Waals surface area contributed by atoms with Gasteiger partial charge in [0.25, 0.3) is 5.91 Å². The van der Waals surface area contributed by atoms with E-state index in [-0.39, 0.29) is 19.5 Å². The van der Waals surface area contributed by atoms with Crippen molar-refractivity contribution in [2.45, 2.75) is 135 Å². The summed E-state index contributed by atoms with van der Waals surface area (Å²) in [6.45, 7) is -1.32. The molecule has 1 amide bonds. The number of hydrogen-bond donors (Lipinski definition) is 16. The third kappa shape index (κ3) is 9.13. The highest BCUT2D eigenvalue weighted by Crippen LogP contribution is 2.34. The summed E-state index contributed by atoms with van der Waals surface area (Å²) in [5.74, 6) is -1.09. The maximum Gasteiger partial charge on any atom is 0.251 e. The van der Waals surface area contributed by atoms with Gasteiger partial charge in [-0.2, -0.15) is 0 Å². The average molecular weight is 746 g/mol. The van der Waals surface area contributed by atoms with Gasteiger partial charge in [0.15, 0.2) is 25.0 Å². The molecule has 0 spiro atoms. The highest BCUT2D eigenvalue weighted by atomic mass is 16.8. The summed E-state index contributed by atoms with van der Waals surface area (Å²) < 4.78 is 35.2. The normalized spacial score (nSPS) is 47.5. The number of carbonyl (C=O) groups is 1. The summed E-state index contributed by atoms with van der Waals surface area (Å²) in [6, 6.07) is -5.00. The number of aliphatic hydroxyl groups excluding tert-OH is 9. The lowest BCUT2D eigenvalue weighted by atomic mass is 9.83. The lowest BCUT2D eigenvalue weighted by Gasteiger charge is -2.48. The molecular formula is C28H55N7O16. The van der Waals surface area contributed by atoms with E-state index >= 15 is 0 Å². The predicted octanol–water partition coefficient (Wildman–Crippen LogP) is -10.8. The molecule has 0 radical (unpaired) electrons. The summed E-state index contributed by atoms with van der Waals surface area (Å²) in [4.78, 5) is 12.7. The lowest BCUT2D eigenvalue weighted by Crippen LogP contribution is -2.69. The summed E-state index contributed by atoms with van der Waals surface area (Å²) in [6.07, 6.45) is -25.5. The number of rotatable bonds is 14. The van der Waals surface area contributed by atoms with E-state index in [2.05, 4.69) is 10.6 Å². The summed E-state index contributed by atoms with van der Waals surface area (Å²) in [5, 5.41) is 100.0. The Kier molecular flexibility index (Phi) is 15.2. The first-order valence-corrected chi connectivity index (χ1v) is 16.7. The SMILES string of the molecule is CNC[C@H]1O[C@H](O[C@H]2[C@H](O[C@@H]3O[C@H](CO)[C@@H](O[C@H]4O[C@@H](CN)[C@@H](O)[C@H](O)[C@H]4N)[C@H]3O)[C@@H](O)[C@H](NC(=O)[C@@H](O)[C@@H](O)CN)C[C@@H]2N)[C@H](N)[C@@H](O)[C@@H]1O. The zero-order chi connectivity index (χ0) is 37.9. The van der Waals surface area contributed by atoms with E-state index in [0.29, 0.717) is 0 Å². The Morgan fingerprint density at radius 2 is 1.27 bits per heavy atom. The van der Waals surface area contributed by atoms with Gasteiger partial charge in [-0.25, -0.2) is 0 Å². The summed E-state index contributed by atoms with van der Waals surface area (Å²) in [5.41, 5.74) is 29.6. The van der Waals surface area contributed by atoms with Crippen molar-refractivity contribution in [1.82, 2.24) is 10.6 Å². The first kappa shape index (κ1) is 42.4. The molecule has 3 heterocycles. The third-order valence-electron chi connectivity index (χ3n) is 9.70. The minimum atomic E-state index is -1.97. The number of likely N-dealkylation sites (N-methyl/N-ethyl adjacent to an activating group) is 1. The van der Waals surface area contributed by atoms with Crippen LogP contribution in [0.4, 0.5) is 0 Å². The van der Waals surface area contributed by atoms with Crippen LogP contribution < -0.4 is 39.3 Å². The van der Waals surface area contributed by atoms with Gasteiger partial charge >= 0.3 is 0 Å². The van der Waals surface area contributed by atoms with E-state index in [1.807, 2.05) is 0 Å². The number of nitrogens with two attached hydrogens (primary N) is 5. The molecule has 3 saturated heterocycles. The first-order chi connectivity index (χ1) is 24.1. The van der Waals surface area contributed by atoms with Crippen LogP contribution in [0.25, 0.3) is 0 Å². The molecule has 0 bridgehead atoms. The number of aliphatic hydroxyl groups is 9. The fraction of sp³-hybridized carbons (Fsp3) is 0.964. The molecule has 23 nitrogen and oxygen atoms in total. The van der Waals surface area contributed by atoms with Gasteiger partial charge in [-0.15, -0.1) is 0 Å². The van der Waals surface area contributed by atoms with E-state index in [4.69, 9.17) is 57.1 Å². The molecule has 23 heteroatoms. The lowest BCUT2D eigenvalue weighted by molar-refractivity contribution is -0.307. The highest BCUT2D eigenvalue weighted by Gasteiger charge is 2.55. The van der Waals surface area contributed by atoms with Crippen LogP contribution in [-0.4, -0.2) is 214 Å². The van der Waals surface area contributed by atoms with E-state index in [1.54, 1.807) is 7.05 Å². The van der Waals surface area contributed by atoms with Crippen molar-refractivity contribution in [3.8, 4) is 0 Å². The Morgan fingerprint density at radius 3 is 1.82 bits per heavy atom. The Bertz CT molecular complexity index is 1110. The van der Waals surface area contributed by atoms with Gasteiger partial charge in [0.2, 0.25) is 0 Å². The Balaban J connectivity index is 1.58. The molecule has 0 unspecified atom stereocenters. The number of ether oxygens (including phenoxy) is 6. The van der Waals surface area contributed by atoms with Gasteiger partial charge < -0.3 is 114 Å². The van der Waals surface area contributed by atoms with E-state index in [1.165, 1.54) is 0 Å². The minimum Gasteiger partial charge on any atom is -0.394 e. The van der Waals surface area contributed by atoms with Crippen molar-refractivity contribution in [3.05, 3.63) is 0 Å². The predicted molar refractivity (Wildman–Crippen MR) is 168 cm³/mol. The number of amides is 1. The molecule has 21 atom stereocenters. The highest BCUT2D eigenvalue weighted by molar-refractivity contribution is 5.81. The van der Waals surface area contributed by atoms with Crippen LogP contribution in [0.3, 0.4) is 0 Å². The molecule has 1 saturated carbocycles. The molecule has 0 aromatic heterocycles. The maximum atomic E-state index is 12.7. The van der Waals surface area contributed by atoms with Gasteiger partial charge in [0.05, 0.1) is 24.7 Å². The smallest absolute Gasteiger partial charge is 0.251 e. The summed E-state index contributed by atoms with van der Waals surface area (Å²) >= 11 is 0. The number of nitrogens with one attached hydrogen (secondary N) is 2. The van der Waals surface area contributed by atoms with Crippen LogP contribution in [0.15, 0.2) is 0 Å². The van der Waals surface area contributed by atoms with Crippen LogP contribution in [0.2, 0.25) is 0 Å². The van der Waals surface area contributed by atoms with Crippen molar-refractivity contribution in [3.63, 3.8) is 0 Å². The third-order valence-corrected chi connectivity index (χ3v) is 9.70. The van der Waals surface area contributed by atoms with Crippen LogP contribution in [0, 0.1) is 0 Å². The largest absolute Gasteiger partial charge is 0.394 e. The van der Waals surface area contributed by atoms with E-state index in [0.717, 1.165) is 0 Å². The Morgan fingerprint density at radius 1 is 0.745 bits per heavy atom. The van der Waals surface area contributed by atoms with Crippen molar-refractivity contribution < 1.29 is 79.2 Å². The zero-order valence-corrected chi connectivity index (χ0v) is 27.9. The second-order valence-electron chi connectivity index (χ2n) is 13.3. The van der Waals surface area contributed by atoms with Gasteiger partial charge in [0.1, 0.15) is 79.4 Å². The second-order valence-corrected chi connectivity index (χ2v) is 13.3. The number of carbonyl (C=O) groups excluding carboxylic acids is 1. The molecule has 51 heavy (non-hydrogen) atoms. The van der Waals surface area contributed by atoms with Gasteiger partial charge in [0, 0.05) is 25.7 Å². The first-order valence-electron chi connectivity index (χ1n) is 16.7. The molecule has 4 aliphatic rings. The molecule has 21 N–H and O–H groups in total. The molecule has 4 fully saturated rings. The van der Waals surface area contributed by atoms with Crippen LogP contribution >= 0.6 is 0 Å². The summed E-state index contributed by atoms with van der Waals surface area (Å²) in [7, 11) is 1.59. The molecule has 4 rings (SSSR count). The van der Waals surface area contributed by atoms with Gasteiger partial charge in [-0.05, 0) is 13.5 Å². The van der Waals surface area contributed by atoms with Crippen LogP contribution in [-0.2, 0) is 33.2 Å². The molecule has 0 aromatic carbocycles. The van der Waals surface area contributed by atoms with Crippen molar-refractivity contribution in [2.75, 3.05) is 33.3 Å². The van der Waals surface area contributed by atoms with Crippen molar-refractivity contribution >= 4 is 5.91 Å². The average Bonchev–Trinajstić information content (AvgIpc) is 3.41. The molecule has 1 aliphatic carbocycles. The maximum absolute atomic E-state index is 12.7. The molecule has 0 aromatic rings. The fourth-order valence-electron chi connectivity index (χ4n) is 6.60. The Labute approximate surface area is 292 Å². The van der Waals surface area contributed by atoms with Crippen molar-refractivity contribution in [2.24, 2.45) is 28.7 Å². The Hall–Kier alpha value is -1.37. The quantitative estimate of drug-likeness (QED) is 0.0784. The second kappa shape index (κ2) is 18.3.